The van der Waals surface area contributed by atoms with Crippen molar-refractivity contribution >= 4 is 53.7 Å². The van der Waals surface area contributed by atoms with Crippen molar-refractivity contribution in [2.45, 2.75) is 123 Å². The Kier molecular flexibility index (Phi) is 13.6. The van der Waals surface area contributed by atoms with Crippen LogP contribution in [0.2, 0.25) is 0 Å². The van der Waals surface area contributed by atoms with E-state index >= 15 is 0 Å². The normalized spacial score (nSPS) is 16.4. The Hall–Kier alpha value is -4.77. The van der Waals surface area contributed by atoms with Gasteiger partial charge in [0.1, 0.15) is 23.3 Å². The molecule has 2 saturated heterocycles. The molecule has 18 heteroatoms. The fraction of sp³-hybridized carbons (Fsp3) is 0.690. The summed E-state index contributed by atoms with van der Waals surface area (Å²) in [5.41, 5.74) is -1.61. The van der Waals surface area contributed by atoms with Gasteiger partial charge in [0.25, 0.3) is 23.6 Å². The average Bonchev–Trinajstić information content (AvgIpc) is 3.42. The maximum absolute atomic E-state index is 13.4. The molecular weight excluding hydrogens is 626 g/mol. The van der Waals surface area contributed by atoms with Crippen LogP contribution in [0, 0.1) is 0 Å². The second-order valence-corrected chi connectivity index (χ2v) is 12.8. The summed E-state index contributed by atoms with van der Waals surface area (Å²) in [5, 5.41) is 7.94. The van der Waals surface area contributed by atoms with Gasteiger partial charge in [-0.2, -0.15) is 0 Å². The number of ether oxygens (including phenoxy) is 2. The Balaban J connectivity index is 2.14. The number of imide groups is 2. The summed E-state index contributed by atoms with van der Waals surface area (Å²) in [7, 11) is 0. The lowest BCUT2D eigenvalue weighted by Gasteiger charge is -2.25. The van der Waals surface area contributed by atoms with Crippen LogP contribution < -0.4 is 16.0 Å². The molecule has 0 unspecified atom stereocenters. The standard InChI is InChI=1S/C29H43N5O13/c1-28(2,3)44-26(42)30-16-8-7-9-17(32-27(43)45-29(4,5)6)24(40)31-18(25(41)47-34-21(37)13-14-22(34)38)10-15-23(39)46-33-19(35)11-12-20(33)36/h17-18H,7-16H2,1-6H3,(H,30,42)(H,31,40)(H,32,43)/t17-,18-/m0/s1. The minimum Gasteiger partial charge on any atom is -0.444 e. The highest BCUT2D eigenvalue weighted by Gasteiger charge is 2.37. The van der Waals surface area contributed by atoms with Gasteiger partial charge in [0.05, 0.1) is 6.42 Å². The van der Waals surface area contributed by atoms with Crippen LogP contribution in [-0.4, -0.2) is 93.6 Å². The van der Waals surface area contributed by atoms with E-state index < -0.39 is 89.8 Å². The largest absolute Gasteiger partial charge is 0.444 e. The molecule has 18 nitrogen and oxygen atoms in total. The van der Waals surface area contributed by atoms with Crippen LogP contribution in [0.3, 0.4) is 0 Å². The molecule has 0 aromatic heterocycles. The van der Waals surface area contributed by atoms with Crippen molar-refractivity contribution in [1.29, 1.82) is 0 Å². The molecule has 0 bridgehead atoms. The molecule has 2 heterocycles. The highest BCUT2D eigenvalue weighted by atomic mass is 16.7. The molecule has 2 fully saturated rings. The summed E-state index contributed by atoms with van der Waals surface area (Å²) < 4.78 is 10.4. The van der Waals surface area contributed by atoms with E-state index in [-0.39, 0.29) is 43.7 Å². The molecule has 0 aromatic rings. The first-order valence-corrected chi connectivity index (χ1v) is 15.2. The lowest BCUT2D eigenvalue weighted by Crippen LogP contribution is -2.53. The van der Waals surface area contributed by atoms with E-state index in [0.29, 0.717) is 17.9 Å². The third kappa shape index (κ3) is 13.6. The van der Waals surface area contributed by atoms with Gasteiger partial charge in [0.15, 0.2) is 0 Å². The molecule has 3 N–H and O–H groups in total. The fourth-order valence-corrected chi connectivity index (χ4v) is 4.10. The van der Waals surface area contributed by atoms with Gasteiger partial charge in [-0.15, -0.1) is 10.1 Å². The van der Waals surface area contributed by atoms with Gasteiger partial charge >= 0.3 is 24.1 Å². The van der Waals surface area contributed by atoms with Crippen molar-refractivity contribution in [3.63, 3.8) is 0 Å². The molecule has 0 spiro atoms. The van der Waals surface area contributed by atoms with E-state index in [2.05, 4.69) is 16.0 Å². The molecule has 47 heavy (non-hydrogen) atoms. The van der Waals surface area contributed by atoms with Gasteiger partial charge in [-0.3, -0.25) is 24.0 Å². The fourth-order valence-electron chi connectivity index (χ4n) is 4.10. The summed E-state index contributed by atoms with van der Waals surface area (Å²) in [6, 6.07) is -2.94. The van der Waals surface area contributed by atoms with Gasteiger partial charge < -0.3 is 35.1 Å². The Labute approximate surface area is 271 Å². The van der Waals surface area contributed by atoms with Gasteiger partial charge in [-0.05, 0) is 67.2 Å². The second kappa shape index (κ2) is 16.7. The third-order valence-electron chi connectivity index (χ3n) is 6.22. The maximum atomic E-state index is 13.4. The van der Waals surface area contributed by atoms with Gasteiger partial charge in [0, 0.05) is 32.2 Å². The number of nitrogens with zero attached hydrogens (tertiary/aromatic N) is 2. The van der Waals surface area contributed by atoms with E-state index in [1.165, 1.54) is 0 Å². The molecule has 0 saturated carbocycles. The topological polar surface area (TPSA) is 233 Å². The summed E-state index contributed by atoms with van der Waals surface area (Å²) in [6.07, 6.45) is -2.70. The zero-order valence-corrected chi connectivity index (χ0v) is 27.4. The van der Waals surface area contributed by atoms with Crippen molar-refractivity contribution < 1.29 is 62.3 Å². The first-order chi connectivity index (χ1) is 21.8. The molecule has 262 valence electrons. The third-order valence-corrected chi connectivity index (χ3v) is 6.22. The first-order valence-electron chi connectivity index (χ1n) is 15.2. The molecule has 2 rings (SSSR count). The number of hydrogen-bond acceptors (Lipinski definition) is 13. The zero-order valence-electron chi connectivity index (χ0n) is 27.4. The first kappa shape index (κ1) is 38.4. The Morgan fingerprint density at radius 3 is 1.66 bits per heavy atom. The van der Waals surface area contributed by atoms with Crippen LogP contribution in [0.25, 0.3) is 0 Å². The van der Waals surface area contributed by atoms with E-state index in [4.69, 9.17) is 19.1 Å². The molecule has 7 amide bonds. The lowest BCUT2D eigenvalue weighted by molar-refractivity contribution is -0.200. The Bertz CT molecular complexity index is 1220. The molecule has 0 aromatic carbocycles. The average molecular weight is 670 g/mol. The van der Waals surface area contributed by atoms with Gasteiger partial charge in [-0.1, -0.05) is 0 Å². The van der Waals surface area contributed by atoms with E-state index in [0.717, 1.165) is 0 Å². The predicted octanol–water partition coefficient (Wildman–Crippen LogP) is 1.05. The number of carbonyl (C=O) groups excluding carboxylic acids is 9. The second-order valence-electron chi connectivity index (χ2n) is 12.8. The van der Waals surface area contributed by atoms with Crippen LogP contribution >= 0.6 is 0 Å². The predicted molar refractivity (Wildman–Crippen MR) is 157 cm³/mol. The molecule has 2 aliphatic heterocycles. The number of rotatable bonds is 14. The van der Waals surface area contributed by atoms with Gasteiger partial charge in [0.2, 0.25) is 5.91 Å². The lowest BCUT2D eigenvalue weighted by atomic mass is 10.1. The maximum Gasteiger partial charge on any atom is 0.408 e. The number of hydroxylamine groups is 4. The number of alkyl carbamates (subject to hydrolysis) is 2. The van der Waals surface area contributed by atoms with Crippen molar-refractivity contribution in [2.24, 2.45) is 0 Å². The minimum atomic E-state index is -1.65. The highest BCUT2D eigenvalue weighted by molar-refractivity contribution is 6.02. The number of unbranched alkanes of at least 4 members (excludes halogenated alkanes) is 1. The Morgan fingerprint density at radius 1 is 0.660 bits per heavy atom. The van der Waals surface area contributed by atoms with Crippen molar-refractivity contribution in [1.82, 2.24) is 26.1 Å². The van der Waals surface area contributed by atoms with Crippen LogP contribution in [0.4, 0.5) is 9.59 Å². The van der Waals surface area contributed by atoms with Crippen molar-refractivity contribution in [3.8, 4) is 0 Å². The zero-order chi connectivity index (χ0) is 35.5. The van der Waals surface area contributed by atoms with E-state index in [9.17, 15) is 43.2 Å². The van der Waals surface area contributed by atoms with Crippen LogP contribution in [0.15, 0.2) is 0 Å². The van der Waals surface area contributed by atoms with Crippen LogP contribution in [0.5, 0.6) is 0 Å². The van der Waals surface area contributed by atoms with E-state index in [1.807, 2.05) is 0 Å². The number of amides is 7. The number of hydrogen-bond donors (Lipinski definition) is 3. The number of nitrogens with one attached hydrogen (secondary N) is 3. The monoisotopic (exact) mass is 669 g/mol. The highest BCUT2D eigenvalue weighted by Crippen LogP contribution is 2.16. The quantitative estimate of drug-likeness (QED) is 0.174. The number of carbonyl (C=O) groups is 9. The van der Waals surface area contributed by atoms with Crippen molar-refractivity contribution in [2.75, 3.05) is 6.54 Å². The van der Waals surface area contributed by atoms with Crippen molar-refractivity contribution in [3.05, 3.63) is 0 Å². The van der Waals surface area contributed by atoms with Crippen LogP contribution in [0.1, 0.15) is 99.3 Å². The Morgan fingerprint density at radius 2 is 1.15 bits per heavy atom. The molecular formula is C29H43N5O13. The smallest absolute Gasteiger partial charge is 0.408 e. The summed E-state index contributed by atoms with van der Waals surface area (Å²) in [6.45, 7) is 10.1. The molecule has 0 radical (unpaired) electrons. The van der Waals surface area contributed by atoms with Crippen LogP contribution in [-0.2, 0) is 52.7 Å². The minimum absolute atomic E-state index is 0.00711. The van der Waals surface area contributed by atoms with Gasteiger partial charge in [-0.25, -0.2) is 19.2 Å². The SMILES string of the molecule is CC(C)(C)OC(=O)NCCCC[C@H](NC(=O)OC(C)(C)C)C(=O)N[C@@H](CCC(=O)ON1C(=O)CCC1=O)C(=O)ON1C(=O)CCC1=O. The molecule has 2 atom stereocenters. The summed E-state index contributed by atoms with van der Waals surface area (Å²) >= 11 is 0. The van der Waals surface area contributed by atoms with E-state index in [1.54, 1.807) is 41.5 Å². The summed E-state index contributed by atoms with van der Waals surface area (Å²) in [4.78, 5) is 121. The molecule has 2 aliphatic rings. The molecule has 0 aliphatic carbocycles. The summed E-state index contributed by atoms with van der Waals surface area (Å²) in [5.74, 6) is -6.30.